The molecule has 2 aromatic rings. The molecule has 2 aliphatic heterocycles. The molecule has 0 bridgehead atoms. The Balaban J connectivity index is 1.37. The lowest BCUT2D eigenvalue weighted by Gasteiger charge is -2.35. The first-order valence-corrected chi connectivity index (χ1v) is 11.6. The van der Waals surface area contributed by atoms with E-state index in [4.69, 9.17) is 4.74 Å². The summed E-state index contributed by atoms with van der Waals surface area (Å²) in [6.45, 7) is 3.13. The Morgan fingerprint density at radius 2 is 1.23 bits per heavy atom. The number of sulfonamides is 1. The van der Waals surface area contributed by atoms with Gasteiger partial charge in [-0.2, -0.15) is 4.31 Å². The minimum atomic E-state index is -3.59. The van der Waals surface area contributed by atoms with Crippen molar-refractivity contribution >= 4 is 21.8 Å². The van der Waals surface area contributed by atoms with Crippen LogP contribution < -0.4 is 0 Å². The number of aromatic nitrogens is 1. The molecule has 2 amide bonds. The molecule has 31 heavy (non-hydrogen) atoms. The van der Waals surface area contributed by atoms with Crippen LogP contribution in [0, 0.1) is 0 Å². The number of piperazine rings is 1. The number of morpholine rings is 1. The van der Waals surface area contributed by atoms with Crippen LogP contribution in [0.2, 0.25) is 0 Å². The van der Waals surface area contributed by atoms with E-state index in [1.165, 1.54) is 16.4 Å². The van der Waals surface area contributed by atoms with Crippen molar-refractivity contribution in [3.63, 3.8) is 0 Å². The molecule has 10 heteroatoms. The molecule has 3 heterocycles. The molecule has 2 aliphatic rings. The van der Waals surface area contributed by atoms with E-state index in [0.29, 0.717) is 63.6 Å². The number of hydrogen-bond donors (Lipinski definition) is 0. The molecule has 0 radical (unpaired) electrons. The summed E-state index contributed by atoms with van der Waals surface area (Å²) in [5.41, 5.74) is 1.00. The van der Waals surface area contributed by atoms with Crippen molar-refractivity contribution in [2.24, 2.45) is 0 Å². The van der Waals surface area contributed by atoms with Gasteiger partial charge < -0.3 is 14.5 Å². The van der Waals surface area contributed by atoms with Crippen molar-refractivity contribution in [1.82, 2.24) is 19.1 Å². The Morgan fingerprint density at radius 3 is 1.74 bits per heavy atom. The van der Waals surface area contributed by atoms with Crippen LogP contribution in [0.1, 0.15) is 20.7 Å². The summed E-state index contributed by atoms with van der Waals surface area (Å²) in [4.78, 5) is 32.9. The number of hydrogen-bond acceptors (Lipinski definition) is 6. The largest absolute Gasteiger partial charge is 0.379 e. The minimum Gasteiger partial charge on any atom is -0.379 e. The fourth-order valence-electron chi connectivity index (χ4n) is 3.68. The molecular weight excluding hydrogens is 420 g/mol. The molecular formula is C21H24N4O5S. The smallest absolute Gasteiger partial charge is 0.254 e. The Morgan fingerprint density at radius 1 is 0.742 bits per heavy atom. The molecule has 0 saturated carbocycles. The zero-order valence-corrected chi connectivity index (χ0v) is 17.8. The average molecular weight is 445 g/mol. The van der Waals surface area contributed by atoms with E-state index in [1.807, 2.05) is 0 Å². The fraction of sp³-hybridized carbons (Fsp3) is 0.381. The number of carbonyl (C=O) groups is 2. The van der Waals surface area contributed by atoms with Gasteiger partial charge in [-0.05, 0) is 36.4 Å². The maximum absolute atomic E-state index is 12.8. The fourth-order valence-corrected chi connectivity index (χ4v) is 5.09. The second-order valence-corrected chi connectivity index (χ2v) is 9.30. The molecule has 9 nitrogen and oxygen atoms in total. The predicted molar refractivity (Wildman–Crippen MR) is 112 cm³/mol. The lowest BCUT2D eigenvalue weighted by Crippen LogP contribution is -2.50. The average Bonchev–Trinajstić information content (AvgIpc) is 2.84. The highest BCUT2D eigenvalue weighted by molar-refractivity contribution is 7.89. The zero-order chi connectivity index (χ0) is 21.8. The number of nitrogens with zero attached hydrogens (tertiary/aromatic N) is 4. The third-order valence-electron chi connectivity index (χ3n) is 5.49. The normalized spacial score (nSPS) is 18.1. The van der Waals surface area contributed by atoms with Crippen LogP contribution in [-0.4, -0.2) is 91.8 Å². The van der Waals surface area contributed by atoms with Crippen LogP contribution in [0.25, 0.3) is 0 Å². The molecule has 1 aromatic carbocycles. The second-order valence-electron chi connectivity index (χ2n) is 7.36. The molecule has 1 aromatic heterocycles. The summed E-state index contributed by atoms with van der Waals surface area (Å²) in [6, 6.07) is 9.38. The van der Waals surface area contributed by atoms with Gasteiger partial charge in [0.1, 0.15) is 0 Å². The molecule has 0 aliphatic carbocycles. The van der Waals surface area contributed by atoms with Crippen molar-refractivity contribution in [3.05, 3.63) is 59.9 Å². The molecule has 0 unspecified atom stereocenters. The number of benzene rings is 1. The van der Waals surface area contributed by atoms with Crippen LogP contribution in [0.4, 0.5) is 0 Å². The van der Waals surface area contributed by atoms with E-state index < -0.39 is 10.0 Å². The summed E-state index contributed by atoms with van der Waals surface area (Å²) >= 11 is 0. The Labute approximate surface area is 181 Å². The molecule has 164 valence electrons. The molecule has 4 rings (SSSR count). The van der Waals surface area contributed by atoms with Crippen molar-refractivity contribution in [3.8, 4) is 0 Å². The van der Waals surface area contributed by atoms with Crippen molar-refractivity contribution in [2.45, 2.75) is 4.90 Å². The number of ether oxygens (including phenoxy) is 1. The zero-order valence-electron chi connectivity index (χ0n) is 17.0. The maximum Gasteiger partial charge on any atom is 0.254 e. The third kappa shape index (κ3) is 4.60. The van der Waals surface area contributed by atoms with Crippen LogP contribution in [-0.2, 0) is 14.8 Å². The lowest BCUT2D eigenvalue weighted by atomic mass is 10.1. The standard InChI is InChI=1S/C21H24N4O5S/c26-20(23-9-11-24(12-10-23)21(27)18-5-7-22-8-6-18)17-1-3-19(4-2-17)31(28,29)25-13-15-30-16-14-25/h1-8H,9-16H2. The molecule has 0 atom stereocenters. The first kappa shape index (κ1) is 21.4. The van der Waals surface area contributed by atoms with Crippen molar-refractivity contribution < 1.29 is 22.7 Å². The molecule has 2 fully saturated rings. The number of rotatable bonds is 4. The Hall–Kier alpha value is -2.82. The highest BCUT2D eigenvalue weighted by atomic mass is 32.2. The monoisotopic (exact) mass is 444 g/mol. The molecule has 2 saturated heterocycles. The van der Waals surface area contributed by atoms with Crippen LogP contribution in [0.5, 0.6) is 0 Å². The lowest BCUT2D eigenvalue weighted by molar-refractivity contribution is 0.0535. The number of carbonyl (C=O) groups excluding carboxylic acids is 2. The molecule has 0 N–H and O–H groups in total. The van der Waals surface area contributed by atoms with Crippen molar-refractivity contribution in [2.75, 3.05) is 52.5 Å². The summed E-state index contributed by atoms with van der Waals surface area (Å²) in [7, 11) is -3.59. The number of pyridine rings is 1. The Kier molecular flexibility index (Phi) is 6.30. The topological polar surface area (TPSA) is 100 Å². The van der Waals surface area contributed by atoms with Gasteiger partial charge in [-0.3, -0.25) is 14.6 Å². The quantitative estimate of drug-likeness (QED) is 0.688. The summed E-state index contributed by atoms with van der Waals surface area (Å²) in [6.07, 6.45) is 3.16. The van der Waals surface area contributed by atoms with E-state index in [-0.39, 0.29) is 16.7 Å². The van der Waals surface area contributed by atoms with E-state index >= 15 is 0 Å². The van der Waals surface area contributed by atoms with Gasteiger partial charge in [0.2, 0.25) is 10.0 Å². The van der Waals surface area contributed by atoms with E-state index in [9.17, 15) is 18.0 Å². The van der Waals surface area contributed by atoms with Gasteiger partial charge in [0.25, 0.3) is 11.8 Å². The SMILES string of the molecule is O=C(c1ccncc1)N1CCN(C(=O)c2ccc(S(=O)(=O)N3CCOCC3)cc2)CC1. The van der Waals surface area contributed by atoms with Gasteiger partial charge in [-0.1, -0.05) is 0 Å². The van der Waals surface area contributed by atoms with Crippen molar-refractivity contribution in [1.29, 1.82) is 0 Å². The van der Waals surface area contributed by atoms with Gasteiger partial charge in [-0.15, -0.1) is 0 Å². The number of amides is 2. The van der Waals surface area contributed by atoms with E-state index in [2.05, 4.69) is 4.98 Å². The highest BCUT2D eigenvalue weighted by Gasteiger charge is 2.28. The summed E-state index contributed by atoms with van der Waals surface area (Å²) in [5.74, 6) is -0.251. The van der Waals surface area contributed by atoms with Gasteiger partial charge >= 0.3 is 0 Å². The molecule has 0 spiro atoms. The van der Waals surface area contributed by atoms with Crippen LogP contribution >= 0.6 is 0 Å². The third-order valence-corrected chi connectivity index (χ3v) is 7.40. The van der Waals surface area contributed by atoms with Crippen LogP contribution in [0.3, 0.4) is 0 Å². The minimum absolute atomic E-state index is 0.0767. The van der Waals surface area contributed by atoms with Gasteiger partial charge in [0.05, 0.1) is 18.1 Å². The first-order chi connectivity index (χ1) is 15.0. The van der Waals surface area contributed by atoms with E-state index in [1.54, 1.807) is 46.5 Å². The van der Waals surface area contributed by atoms with Gasteiger partial charge in [-0.25, -0.2) is 8.42 Å². The van der Waals surface area contributed by atoms with E-state index in [0.717, 1.165) is 0 Å². The second kappa shape index (κ2) is 9.13. The maximum atomic E-state index is 12.8. The predicted octanol–water partition coefficient (Wildman–Crippen LogP) is 0.701. The van der Waals surface area contributed by atoms with Gasteiger partial charge in [0, 0.05) is 62.8 Å². The highest BCUT2D eigenvalue weighted by Crippen LogP contribution is 2.19. The first-order valence-electron chi connectivity index (χ1n) is 10.1. The van der Waals surface area contributed by atoms with Gasteiger partial charge in [0.15, 0.2) is 0 Å². The Bertz CT molecular complexity index is 1030. The summed E-state index contributed by atoms with van der Waals surface area (Å²) in [5, 5.41) is 0. The summed E-state index contributed by atoms with van der Waals surface area (Å²) < 4.78 is 32.0. The van der Waals surface area contributed by atoms with Crippen LogP contribution in [0.15, 0.2) is 53.7 Å².